The summed E-state index contributed by atoms with van der Waals surface area (Å²) in [6.45, 7) is 0. The molecule has 0 saturated heterocycles. The number of ether oxygens (including phenoxy) is 1. The average molecular weight is 366 g/mol. The maximum Gasteiger partial charge on any atom is 0.346 e. The summed E-state index contributed by atoms with van der Waals surface area (Å²) in [5, 5.41) is 0. The summed E-state index contributed by atoms with van der Waals surface area (Å²) in [6, 6.07) is 23.8. The molecule has 0 radical (unpaired) electrons. The second kappa shape index (κ2) is 6.32. The van der Waals surface area contributed by atoms with Crippen LogP contribution in [0, 0.1) is 0 Å². The monoisotopic (exact) mass is 366 g/mol. The first-order valence-corrected chi connectivity index (χ1v) is 8.83. The van der Waals surface area contributed by atoms with Gasteiger partial charge in [0.2, 0.25) is 0 Å². The van der Waals surface area contributed by atoms with Gasteiger partial charge < -0.3 is 4.74 Å². The molecule has 0 unspecified atom stereocenters. The van der Waals surface area contributed by atoms with Crippen LogP contribution in [0.4, 0.5) is 5.82 Å². The second-order valence-electron chi connectivity index (χ2n) is 6.38. The van der Waals surface area contributed by atoms with Gasteiger partial charge in [0, 0.05) is 6.20 Å². The van der Waals surface area contributed by atoms with E-state index in [1.165, 1.54) is 4.90 Å². The van der Waals surface area contributed by atoms with Gasteiger partial charge in [-0.25, -0.2) is 9.78 Å². The molecule has 28 heavy (non-hydrogen) atoms. The van der Waals surface area contributed by atoms with E-state index in [9.17, 15) is 9.59 Å². The number of hydrogen-bond donors (Lipinski definition) is 0. The van der Waals surface area contributed by atoms with Crippen molar-refractivity contribution >= 4 is 28.8 Å². The van der Waals surface area contributed by atoms with Gasteiger partial charge in [-0.1, -0.05) is 66.7 Å². The van der Waals surface area contributed by atoms with Crippen LogP contribution in [-0.4, -0.2) is 16.9 Å². The molecule has 5 rings (SSSR count). The summed E-state index contributed by atoms with van der Waals surface area (Å²) < 4.78 is 5.62. The highest BCUT2D eigenvalue weighted by Gasteiger charge is 2.47. The molecule has 3 aromatic rings. The van der Waals surface area contributed by atoms with E-state index in [2.05, 4.69) is 4.98 Å². The fourth-order valence-corrected chi connectivity index (χ4v) is 3.52. The Kier molecular flexibility index (Phi) is 3.66. The van der Waals surface area contributed by atoms with Gasteiger partial charge in [-0.15, -0.1) is 0 Å². The fraction of sp³-hybridized carbons (Fsp3) is 0. The van der Waals surface area contributed by atoms with Crippen LogP contribution in [0.25, 0.3) is 11.1 Å². The van der Waals surface area contributed by atoms with Crippen molar-refractivity contribution in [2.45, 2.75) is 0 Å². The molecule has 5 nitrogen and oxygen atoms in total. The number of nitrogens with zero attached hydrogens (tertiary/aromatic N) is 2. The Labute approximate surface area is 161 Å². The first kappa shape index (κ1) is 16.2. The second-order valence-corrected chi connectivity index (χ2v) is 6.38. The number of carbonyl (C=O) groups is 2. The van der Waals surface area contributed by atoms with Crippen molar-refractivity contribution < 1.29 is 14.3 Å². The van der Waals surface area contributed by atoms with Gasteiger partial charge in [-0.05, 0) is 23.3 Å². The molecule has 2 aromatic carbocycles. The molecule has 5 heteroatoms. The molecule has 0 N–H and O–H groups in total. The fourth-order valence-electron chi connectivity index (χ4n) is 3.52. The van der Waals surface area contributed by atoms with Gasteiger partial charge in [0.1, 0.15) is 11.5 Å². The van der Waals surface area contributed by atoms with Crippen LogP contribution in [-0.2, 0) is 14.3 Å². The molecule has 1 aromatic heterocycles. The molecule has 0 fully saturated rings. The topological polar surface area (TPSA) is 59.5 Å². The number of esters is 1. The van der Waals surface area contributed by atoms with Gasteiger partial charge in [0.25, 0.3) is 5.91 Å². The summed E-state index contributed by atoms with van der Waals surface area (Å²) in [4.78, 5) is 32.0. The maximum atomic E-state index is 13.4. The van der Waals surface area contributed by atoms with Crippen LogP contribution in [0.5, 0.6) is 0 Å². The standard InChI is InChI=1S/C23H14N2O3/c26-22-19(16-11-5-2-6-12-16)21-20(25(22)17-13-7-8-14-24-17)18(23(27)28-21)15-9-3-1-4-10-15/h1-14H. The third-order valence-corrected chi connectivity index (χ3v) is 4.72. The molecule has 0 saturated carbocycles. The number of carbonyl (C=O) groups excluding carboxylic acids is 2. The van der Waals surface area contributed by atoms with E-state index >= 15 is 0 Å². The summed E-state index contributed by atoms with van der Waals surface area (Å²) in [6.07, 6.45) is 1.61. The molecule has 2 aliphatic rings. The smallest absolute Gasteiger partial charge is 0.346 e. The minimum Gasteiger partial charge on any atom is -0.420 e. The SMILES string of the molecule is O=C1OC2=C(c3ccccc3)C(=O)N(c3ccccn3)C2=C1c1ccccc1. The van der Waals surface area contributed by atoms with E-state index in [0.717, 1.165) is 0 Å². The Hall–Kier alpha value is -3.99. The normalized spacial score (nSPS) is 15.9. The van der Waals surface area contributed by atoms with Gasteiger partial charge >= 0.3 is 5.97 Å². The van der Waals surface area contributed by atoms with Crippen molar-refractivity contribution in [3.63, 3.8) is 0 Å². The van der Waals surface area contributed by atoms with Crippen molar-refractivity contribution in [3.05, 3.63) is 108 Å². The van der Waals surface area contributed by atoms with Crippen molar-refractivity contribution in [2.75, 3.05) is 4.90 Å². The molecular weight excluding hydrogens is 352 g/mol. The summed E-state index contributed by atoms with van der Waals surface area (Å²) in [7, 11) is 0. The number of aromatic nitrogens is 1. The van der Waals surface area contributed by atoms with Gasteiger partial charge in [-0.2, -0.15) is 0 Å². The lowest BCUT2D eigenvalue weighted by Gasteiger charge is -2.17. The number of fused-ring (bicyclic) bond motifs is 1. The molecule has 0 atom stereocenters. The molecule has 1 amide bonds. The lowest BCUT2D eigenvalue weighted by atomic mass is 10.0. The Bertz CT molecular complexity index is 1150. The van der Waals surface area contributed by atoms with E-state index < -0.39 is 5.97 Å². The van der Waals surface area contributed by atoms with Crippen LogP contribution in [0.2, 0.25) is 0 Å². The molecule has 3 heterocycles. The van der Waals surface area contributed by atoms with Crippen LogP contribution in [0.15, 0.2) is 96.5 Å². The lowest BCUT2D eigenvalue weighted by Crippen LogP contribution is -2.26. The molecule has 0 aliphatic carbocycles. The summed E-state index contributed by atoms with van der Waals surface area (Å²) in [5.41, 5.74) is 2.56. The van der Waals surface area contributed by atoms with Gasteiger partial charge in [0.15, 0.2) is 5.76 Å². The highest BCUT2D eigenvalue weighted by Crippen LogP contribution is 2.46. The van der Waals surface area contributed by atoms with Crippen molar-refractivity contribution in [2.24, 2.45) is 0 Å². The molecule has 2 aliphatic heterocycles. The highest BCUT2D eigenvalue weighted by molar-refractivity contribution is 6.37. The number of anilines is 1. The quantitative estimate of drug-likeness (QED) is 0.662. The molecule has 0 bridgehead atoms. The van der Waals surface area contributed by atoms with E-state index in [0.29, 0.717) is 33.8 Å². The third-order valence-electron chi connectivity index (χ3n) is 4.72. The van der Waals surface area contributed by atoms with Crippen LogP contribution in [0.3, 0.4) is 0 Å². The van der Waals surface area contributed by atoms with E-state index in [-0.39, 0.29) is 11.7 Å². The van der Waals surface area contributed by atoms with E-state index in [4.69, 9.17) is 4.74 Å². The number of hydrogen-bond acceptors (Lipinski definition) is 4. The summed E-state index contributed by atoms with van der Waals surface area (Å²) in [5.74, 6) is -0.0164. The Morgan fingerprint density at radius 3 is 1.93 bits per heavy atom. The molecule has 134 valence electrons. The number of benzene rings is 2. The minimum absolute atomic E-state index is 0.268. The zero-order valence-corrected chi connectivity index (χ0v) is 14.7. The Morgan fingerprint density at radius 2 is 1.32 bits per heavy atom. The molecule has 0 spiro atoms. The van der Waals surface area contributed by atoms with Crippen molar-refractivity contribution in [1.29, 1.82) is 0 Å². The van der Waals surface area contributed by atoms with E-state index in [1.54, 1.807) is 24.4 Å². The van der Waals surface area contributed by atoms with Crippen LogP contribution >= 0.6 is 0 Å². The third kappa shape index (κ3) is 2.37. The van der Waals surface area contributed by atoms with Crippen molar-refractivity contribution in [1.82, 2.24) is 4.98 Å². The predicted molar refractivity (Wildman–Crippen MR) is 105 cm³/mol. The van der Waals surface area contributed by atoms with Crippen molar-refractivity contribution in [3.8, 4) is 0 Å². The van der Waals surface area contributed by atoms with Gasteiger partial charge in [-0.3, -0.25) is 9.69 Å². The Morgan fingerprint density at radius 1 is 0.714 bits per heavy atom. The van der Waals surface area contributed by atoms with Gasteiger partial charge in [0.05, 0.1) is 11.1 Å². The maximum absolute atomic E-state index is 13.4. The minimum atomic E-state index is -0.474. The average Bonchev–Trinajstić information content (AvgIpc) is 3.20. The zero-order chi connectivity index (χ0) is 19.1. The predicted octanol–water partition coefficient (Wildman–Crippen LogP) is 3.81. The lowest BCUT2D eigenvalue weighted by molar-refractivity contribution is -0.131. The summed E-state index contributed by atoms with van der Waals surface area (Å²) >= 11 is 0. The number of amides is 1. The van der Waals surface area contributed by atoms with Crippen LogP contribution < -0.4 is 4.90 Å². The van der Waals surface area contributed by atoms with Crippen LogP contribution in [0.1, 0.15) is 11.1 Å². The Balaban J connectivity index is 1.80. The largest absolute Gasteiger partial charge is 0.420 e. The zero-order valence-electron chi connectivity index (χ0n) is 14.7. The number of rotatable bonds is 3. The first-order valence-electron chi connectivity index (χ1n) is 8.83. The highest BCUT2D eigenvalue weighted by atomic mass is 16.5. The first-order chi connectivity index (χ1) is 13.8. The number of pyridine rings is 1. The molecular formula is C23H14N2O3. The van der Waals surface area contributed by atoms with E-state index in [1.807, 2.05) is 60.7 Å².